The molecule has 4 nitrogen and oxygen atoms in total. The van der Waals surface area contributed by atoms with E-state index < -0.39 is 0 Å². The smallest absolute Gasteiger partial charge is 0.336 e. The fourth-order valence-electron chi connectivity index (χ4n) is 2.25. The molecule has 3 rings (SSSR count). The molecular formula is C16H15NO3S. The standard InChI is InChI=1S/C16H15NO3S/c1-10-6-16(18)20-14-7-12(2-3-13(10)14)19-15(8-17)11-4-5-21-9-11/h2-7,9,15H,8,17H2,1H3. The number of thiophene rings is 1. The summed E-state index contributed by atoms with van der Waals surface area (Å²) in [7, 11) is 0. The molecule has 2 aromatic heterocycles. The highest BCUT2D eigenvalue weighted by molar-refractivity contribution is 7.07. The van der Waals surface area contributed by atoms with Crippen molar-refractivity contribution < 1.29 is 9.15 Å². The first kappa shape index (κ1) is 13.9. The zero-order chi connectivity index (χ0) is 14.8. The Labute approximate surface area is 125 Å². The Hall–Kier alpha value is -2.11. The summed E-state index contributed by atoms with van der Waals surface area (Å²) in [5.41, 5.74) is 7.89. The first-order valence-electron chi connectivity index (χ1n) is 6.60. The first-order chi connectivity index (χ1) is 10.2. The monoisotopic (exact) mass is 301 g/mol. The molecule has 0 bridgehead atoms. The van der Waals surface area contributed by atoms with E-state index in [1.807, 2.05) is 35.9 Å². The van der Waals surface area contributed by atoms with Gasteiger partial charge in [0, 0.05) is 29.6 Å². The molecule has 0 saturated carbocycles. The number of rotatable bonds is 4. The number of aryl methyl sites for hydroxylation is 1. The predicted molar refractivity (Wildman–Crippen MR) is 84.0 cm³/mol. The summed E-state index contributed by atoms with van der Waals surface area (Å²) in [6, 6.07) is 8.97. The van der Waals surface area contributed by atoms with Gasteiger partial charge in [0.05, 0.1) is 0 Å². The van der Waals surface area contributed by atoms with Crippen molar-refractivity contribution in [3.8, 4) is 5.75 Å². The van der Waals surface area contributed by atoms with Crippen LogP contribution in [0.25, 0.3) is 11.0 Å². The van der Waals surface area contributed by atoms with Crippen LogP contribution in [0.5, 0.6) is 5.75 Å². The maximum Gasteiger partial charge on any atom is 0.336 e. The van der Waals surface area contributed by atoms with Crippen LogP contribution in [0.15, 0.2) is 50.3 Å². The highest BCUT2D eigenvalue weighted by atomic mass is 32.1. The highest BCUT2D eigenvalue weighted by Crippen LogP contribution is 2.27. The van der Waals surface area contributed by atoms with Gasteiger partial charge >= 0.3 is 5.63 Å². The lowest BCUT2D eigenvalue weighted by Crippen LogP contribution is -2.17. The van der Waals surface area contributed by atoms with Gasteiger partial charge in [0.15, 0.2) is 0 Å². The molecular weight excluding hydrogens is 286 g/mol. The van der Waals surface area contributed by atoms with Crippen molar-refractivity contribution in [1.29, 1.82) is 0 Å². The Morgan fingerprint density at radius 2 is 2.19 bits per heavy atom. The average Bonchev–Trinajstić information content (AvgIpc) is 2.98. The summed E-state index contributed by atoms with van der Waals surface area (Å²) in [6.07, 6.45) is -0.203. The molecule has 2 N–H and O–H groups in total. The molecule has 5 heteroatoms. The zero-order valence-corrected chi connectivity index (χ0v) is 12.4. The van der Waals surface area contributed by atoms with E-state index in [2.05, 4.69) is 0 Å². The SMILES string of the molecule is Cc1cc(=O)oc2cc(OC(CN)c3ccsc3)ccc12. The Kier molecular flexibility index (Phi) is 3.77. The number of hydrogen-bond donors (Lipinski definition) is 1. The molecule has 0 aliphatic heterocycles. The van der Waals surface area contributed by atoms with Crippen LogP contribution < -0.4 is 16.1 Å². The van der Waals surface area contributed by atoms with Crippen molar-refractivity contribution in [2.24, 2.45) is 5.73 Å². The molecule has 2 heterocycles. The van der Waals surface area contributed by atoms with Crippen LogP contribution in [0, 0.1) is 6.92 Å². The molecule has 0 spiro atoms. The van der Waals surface area contributed by atoms with E-state index in [9.17, 15) is 4.79 Å². The molecule has 0 aliphatic rings. The van der Waals surface area contributed by atoms with E-state index in [0.29, 0.717) is 17.9 Å². The summed E-state index contributed by atoms with van der Waals surface area (Å²) in [5, 5.41) is 4.91. The maximum absolute atomic E-state index is 11.5. The van der Waals surface area contributed by atoms with Gasteiger partial charge in [-0.25, -0.2) is 4.79 Å². The highest BCUT2D eigenvalue weighted by Gasteiger charge is 2.13. The maximum atomic E-state index is 11.5. The Balaban J connectivity index is 1.96. The molecule has 3 aromatic rings. The third-order valence-corrected chi connectivity index (χ3v) is 4.03. The molecule has 1 aromatic carbocycles. The van der Waals surface area contributed by atoms with Gasteiger partial charge < -0.3 is 14.9 Å². The fourth-order valence-corrected chi connectivity index (χ4v) is 2.96. The van der Waals surface area contributed by atoms with Crippen molar-refractivity contribution in [2.45, 2.75) is 13.0 Å². The van der Waals surface area contributed by atoms with E-state index in [0.717, 1.165) is 16.5 Å². The minimum Gasteiger partial charge on any atom is -0.484 e. The van der Waals surface area contributed by atoms with Crippen molar-refractivity contribution in [3.05, 3.63) is 62.6 Å². The van der Waals surface area contributed by atoms with Gasteiger partial charge in [-0.3, -0.25) is 0 Å². The number of benzene rings is 1. The summed E-state index contributed by atoms with van der Waals surface area (Å²) >= 11 is 1.60. The van der Waals surface area contributed by atoms with Crippen LogP contribution in [-0.2, 0) is 0 Å². The Morgan fingerprint density at radius 3 is 2.90 bits per heavy atom. The summed E-state index contributed by atoms with van der Waals surface area (Å²) in [4.78, 5) is 11.5. The fraction of sp³-hybridized carbons (Fsp3) is 0.188. The van der Waals surface area contributed by atoms with Gasteiger partial charge in [0.1, 0.15) is 17.4 Å². The van der Waals surface area contributed by atoms with E-state index in [1.54, 1.807) is 17.4 Å². The average molecular weight is 301 g/mol. The van der Waals surface area contributed by atoms with E-state index in [4.69, 9.17) is 14.9 Å². The predicted octanol–water partition coefficient (Wildman–Crippen LogP) is 3.24. The first-order valence-corrected chi connectivity index (χ1v) is 7.55. The minimum atomic E-state index is -0.356. The van der Waals surface area contributed by atoms with Crippen LogP contribution in [0.1, 0.15) is 17.2 Å². The topological polar surface area (TPSA) is 65.5 Å². The van der Waals surface area contributed by atoms with Crippen LogP contribution in [0.4, 0.5) is 0 Å². The van der Waals surface area contributed by atoms with Gasteiger partial charge in [-0.1, -0.05) is 0 Å². The largest absolute Gasteiger partial charge is 0.484 e. The molecule has 0 radical (unpaired) electrons. The number of nitrogens with two attached hydrogens (primary N) is 1. The van der Waals surface area contributed by atoms with Crippen molar-refractivity contribution in [2.75, 3.05) is 6.54 Å². The Morgan fingerprint density at radius 1 is 1.33 bits per heavy atom. The molecule has 0 amide bonds. The second kappa shape index (κ2) is 5.71. The molecule has 0 saturated heterocycles. The number of fused-ring (bicyclic) bond motifs is 1. The van der Waals surface area contributed by atoms with E-state index in [-0.39, 0.29) is 11.7 Å². The number of ether oxygens (including phenoxy) is 1. The normalized spacial score (nSPS) is 12.5. The third-order valence-electron chi connectivity index (χ3n) is 3.33. The molecule has 0 aliphatic carbocycles. The van der Waals surface area contributed by atoms with Gasteiger partial charge in [0.2, 0.25) is 0 Å². The van der Waals surface area contributed by atoms with Crippen LogP contribution in [-0.4, -0.2) is 6.54 Å². The van der Waals surface area contributed by atoms with Crippen LogP contribution in [0.2, 0.25) is 0 Å². The third kappa shape index (κ3) is 2.84. The summed E-state index contributed by atoms with van der Waals surface area (Å²) < 4.78 is 11.1. The lowest BCUT2D eigenvalue weighted by Gasteiger charge is -2.16. The van der Waals surface area contributed by atoms with Gasteiger partial charge in [0.25, 0.3) is 0 Å². The second-order valence-corrected chi connectivity index (χ2v) is 5.59. The number of hydrogen-bond acceptors (Lipinski definition) is 5. The van der Waals surface area contributed by atoms with Crippen molar-refractivity contribution in [3.63, 3.8) is 0 Å². The summed E-state index contributed by atoms with van der Waals surface area (Å²) in [5.74, 6) is 0.637. The van der Waals surface area contributed by atoms with Gasteiger partial charge in [-0.2, -0.15) is 11.3 Å². The molecule has 1 atom stereocenters. The van der Waals surface area contributed by atoms with Gasteiger partial charge in [-0.05, 0) is 41.4 Å². The molecule has 21 heavy (non-hydrogen) atoms. The van der Waals surface area contributed by atoms with E-state index in [1.165, 1.54) is 6.07 Å². The van der Waals surface area contributed by atoms with Gasteiger partial charge in [-0.15, -0.1) is 0 Å². The lowest BCUT2D eigenvalue weighted by molar-refractivity contribution is 0.215. The Bertz CT molecular complexity index is 808. The minimum absolute atomic E-state index is 0.203. The second-order valence-electron chi connectivity index (χ2n) is 4.81. The van der Waals surface area contributed by atoms with Crippen molar-refractivity contribution in [1.82, 2.24) is 0 Å². The zero-order valence-electron chi connectivity index (χ0n) is 11.5. The lowest BCUT2D eigenvalue weighted by atomic mass is 10.1. The van der Waals surface area contributed by atoms with Crippen LogP contribution >= 0.6 is 11.3 Å². The van der Waals surface area contributed by atoms with Crippen molar-refractivity contribution >= 4 is 22.3 Å². The molecule has 108 valence electrons. The quantitative estimate of drug-likeness (QED) is 0.751. The van der Waals surface area contributed by atoms with E-state index >= 15 is 0 Å². The molecule has 0 fully saturated rings. The molecule has 1 unspecified atom stereocenters. The van der Waals surface area contributed by atoms with Crippen LogP contribution in [0.3, 0.4) is 0 Å². The summed E-state index contributed by atoms with van der Waals surface area (Å²) in [6.45, 7) is 2.26.